The average Bonchev–Trinajstić information content (AvgIpc) is 3.66. The first-order valence-electron chi connectivity index (χ1n) is 18.4. The van der Waals surface area contributed by atoms with Crippen LogP contribution in [0.5, 0.6) is 57.5 Å². The zero-order valence-corrected chi connectivity index (χ0v) is 30.3. The van der Waals surface area contributed by atoms with Gasteiger partial charge in [-0.15, -0.1) is 0 Å². The highest BCUT2D eigenvalue weighted by Crippen LogP contribution is 2.64. The van der Waals surface area contributed by atoms with Gasteiger partial charge in [-0.2, -0.15) is 0 Å². The van der Waals surface area contributed by atoms with Crippen molar-refractivity contribution in [1.29, 1.82) is 0 Å². The Morgan fingerprint density at radius 1 is 0.661 bits per heavy atom. The zero-order chi connectivity index (χ0) is 40.0. The monoisotopic (exact) mass is 760 g/mol. The molecule has 0 amide bonds. The largest absolute Gasteiger partial charge is 0.504 e. The molecular weight excluding hydrogens is 720 g/mol. The number of aliphatic carboxylic acids is 2. The van der Waals surface area contributed by atoms with Crippen molar-refractivity contribution in [2.75, 3.05) is 0 Å². The van der Waals surface area contributed by atoms with Gasteiger partial charge >= 0.3 is 11.9 Å². The van der Waals surface area contributed by atoms with Crippen molar-refractivity contribution in [3.05, 3.63) is 92.7 Å². The molecule has 3 aliphatic carbocycles. The Labute approximate surface area is 319 Å². The number of allylic oxidation sites excluding steroid dienone is 2. The lowest BCUT2D eigenvalue weighted by atomic mass is 9.69. The van der Waals surface area contributed by atoms with Gasteiger partial charge in [0.05, 0.1) is 11.8 Å². The second-order valence-corrected chi connectivity index (χ2v) is 15.3. The molecule has 6 unspecified atom stereocenters. The maximum absolute atomic E-state index is 11.9. The van der Waals surface area contributed by atoms with E-state index in [0.717, 1.165) is 18.4 Å². The lowest BCUT2D eigenvalue weighted by Crippen LogP contribution is -2.32. The predicted octanol–water partition coefficient (Wildman–Crippen LogP) is 4.84. The van der Waals surface area contributed by atoms with Gasteiger partial charge in [0.2, 0.25) is 11.5 Å². The van der Waals surface area contributed by atoms with Crippen molar-refractivity contribution >= 4 is 36.2 Å². The van der Waals surface area contributed by atoms with E-state index in [2.05, 4.69) is 19.2 Å². The standard InChI is InChI=1S/C23H20O6.C21H20O6/c1-10-3-4-13-17(23-8-7-12(11(23)2)15(9-23)22(27)28)14-5-6-16(24)19(26)21(14)29-20(13)18(10)25;1-10-6-7-13-16(11-4-2-3-5-12(11)21(25)26)14-8-9-15(22)18(24)20(14)27-19(13)17(10)23/h3-8,11-12,15,24-26H,1,9H2,2H3,(H,27,28);6-9,11-12,22-24H,1-5H2,(H,25,26). The maximum Gasteiger partial charge on any atom is 0.307 e. The number of aromatic hydroxyl groups is 6. The maximum atomic E-state index is 11.9. The molecule has 0 spiro atoms. The number of benzene rings is 4. The third-order valence-electron chi connectivity index (χ3n) is 12.4. The van der Waals surface area contributed by atoms with Crippen LogP contribution in [0.15, 0.2) is 60.7 Å². The average molecular weight is 761 g/mol. The lowest BCUT2D eigenvalue weighted by Gasteiger charge is -2.35. The summed E-state index contributed by atoms with van der Waals surface area (Å²) in [6, 6.07) is 12.9. The van der Waals surface area contributed by atoms with Crippen LogP contribution in [0.2, 0.25) is 0 Å². The highest BCUT2D eigenvalue weighted by atomic mass is 16.5. The minimum Gasteiger partial charge on any atom is -0.504 e. The summed E-state index contributed by atoms with van der Waals surface area (Å²) >= 11 is 0. The van der Waals surface area contributed by atoms with Crippen LogP contribution < -0.4 is 30.3 Å². The van der Waals surface area contributed by atoms with Gasteiger partial charge in [-0.3, -0.25) is 9.59 Å². The van der Waals surface area contributed by atoms with Crippen molar-refractivity contribution in [2.24, 2.45) is 35.0 Å². The first-order valence-corrected chi connectivity index (χ1v) is 18.4. The van der Waals surface area contributed by atoms with Crippen molar-refractivity contribution in [1.82, 2.24) is 0 Å². The zero-order valence-electron chi connectivity index (χ0n) is 30.3. The summed E-state index contributed by atoms with van der Waals surface area (Å²) in [4.78, 5) is 23.7. The van der Waals surface area contributed by atoms with Gasteiger partial charge in [-0.05, 0) is 72.4 Å². The molecule has 0 saturated heterocycles. The lowest BCUT2D eigenvalue weighted by molar-refractivity contribution is -0.144. The van der Waals surface area contributed by atoms with Crippen LogP contribution in [-0.2, 0) is 9.59 Å². The van der Waals surface area contributed by atoms with Gasteiger partial charge in [-0.25, -0.2) is 0 Å². The number of hydrogen-bond acceptors (Lipinski definition) is 10. The van der Waals surface area contributed by atoms with Crippen molar-refractivity contribution in [3.8, 4) is 57.5 Å². The van der Waals surface area contributed by atoms with Crippen LogP contribution in [0.1, 0.15) is 50.2 Å². The molecule has 8 N–H and O–H groups in total. The minimum atomic E-state index is -0.859. The fourth-order valence-corrected chi connectivity index (χ4v) is 9.59. The van der Waals surface area contributed by atoms with Gasteiger partial charge < -0.3 is 50.3 Å². The normalized spacial score (nSPS) is 25.1. The second-order valence-electron chi connectivity index (χ2n) is 15.3. The molecule has 0 radical (unpaired) electrons. The van der Waals surface area contributed by atoms with Gasteiger partial charge in [0.1, 0.15) is 0 Å². The highest BCUT2D eigenvalue weighted by Gasteiger charge is 2.58. The molecule has 4 aromatic rings. The number of hydrogen-bond donors (Lipinski definition) is 8. The number of carboxylic acid groups (broad SMARTS) is 2. The Kier molecular flexibility index (Phi) is 8.48. The highest BCUT2D eigenvalue weighted by molar-refractivity contribution is 5.86. The van der Waals surface area contributed by atoms with Crippen LogP contribution in [-0.4, -0.2) is 52.8 Å². The summed E-state index contributed by atoms with van der Waals surface area (Å²) in [6.45, 7) is 9.59. The fraction of sp³-hybridized carbons (Fsp3) is 0.273. The van der Waals surface area contributed by atoms with E-state index >= 15 is 0 Å². The van der Waals surface area contributed by atoms with Crippen LogP contribution in [0.4, 0.5) is 0 Å². The molecular formula is C44H40O12. The third kappa shape index (κ3) is 5.26. The predicted molar refractivity (Wildman–Crippen MR) is 204 cm³/mol. The van der Waals surface area contributed by atoms with Gasteiger partial charge in [0.25, 0.3) is 0 Å². The summed E-state index contributed by atoms with van der Waals surface area (Å²) in [5.74, 6) is -4.66. The van der Waals surface area contributed by atoms with E-state index in [1.165, 1.54) is 12.1 Å². The molecule has 2 heterocycles. The molecule has 4 aromatic carbocycles. The van der Waals surface area contributed by atoms with Crippen LogP contribution in [0.25, 0.3) is 24.3 Å². The Balaban J connectivity index is 0.000000158. The van der Waals surface area contributed by atoms with Crippen molar-refractivity contribution in [2.45, 2.75) is 39.0 Å². The molecule has 56 heavy (non-hydrogen) atoms. The van der Waals surface area contributed by atoms with E-state index in [1.54, 1.807) is 36.4 Å². The molecule has 2 saturated carbocycles. The molecule has 12 nitrogen and oxygen atoms in total. The number of carbonyl (C=O) groups is 2. The Morgan fingerprint density at radius 3 is 1.79 bits per heavy atom. The smallest absolute Gasteiger partial charge is 0.307 e. The summed E-state index contributed by atoms with van der Waals surface area (Å²) < 4.78 is 11.6. The molecule has 2 aliphatic heterocycles. The summed E-state index contributed by atoms with van der Waals surface area (Å²) in [5.41, 5.74) is 2.01. The van der Waals surface area contributed by atoms with E-state index in [4.69, 9.17) is 9.47 Å². The topological polar surface area (TPSA) is 214 Å². The van der Waals surface area contributed by atoms with Crippen molar-refractivity contribution < 1.29 is 59.9 Å². The molecule has 12 heteroatoms. The van der Waals surface area contributed by atoms with E-state index in [1.807, 2.05) is 13.0 Å². The number of phenolic OH excluding ortho intramolecular Hbond substituents is 6. The first-order chi connectivity index (χ1) is 26.7. The van der Waals surface area contributed by atoms with E-state index in [-0.39, 0.29) is 63.7 Å². The number of fused-ring (bicyclic) bond motifs is 6. The van der Waals surface area contributed by atoms with Crippen molar-refractivity contribution in [3.63, 3.8) is 0 Å². The molecule has 5 aliphatic rings. The molecule has 0 aromatic heterocycles. The quantitative estimate of drug-likeness (QED) is 0.104. The number of phenols is 6. The Bertz CT molecular complexity index is 2650. The molecule has 6 atom stereocenters. The van der Waals surface area contributed by atoms with E-state index < -0.39 is 40.7 Å². The van der Waals surface area contributed by atoms with E-state index in [0.29, 0.717) is 56.8 Å². The van der Waals surface area contributed by atoms with Crippen LogP contribution >= 0.6 is 0 Å². The third-order valence-corrected chi connectivity index (χ3v) is 12.4. The second kappa shape index (κ2) is 13.0. The first kappa shape index (κ1) is 36.4. The summed E-state index contributed by atoms with van der Waals surface area (Å²) in [5, 5.41) is 83.1. The fourth-order valence-electron chi connectivity index (χ4n) is 9.59. The summed E-state index contributed by atoms with van der Waals surface area (Å²) in [7, 11) is 0. The van der Waals surface area contributed by atoms with Crippen LogP contribution in [0.3, 0.4) is 0 Å². The SMILES string of the molecule is C=c1ccc2c(c1O)Oc1c(ccc(O)c1O)C=2C12C=CC(C(C(=O)O)C1)C2C.C=c1ccc2c(c1O)Oc1c(ccc(O)c1O)C=2C1CCCCC1C(=O)O. The number of rotatable bonds is 4. The molecule has 2 bridgehead atoms. The summed E-state index contributed by atoms with van der Waals surface area (Å²) in [6.07, 6.45) is 7.42. The van der Waals surface area contributed by atoms with Crippen LogP contribution in [0, 0.1) is 35.0 Å². The number of ether oxygens (including phenoxy) is 2. The molecule has 2 fully saturated rings. The Morgan fingerprint density at radius 2 is 1.20 bits per heavy atom. The Hall–Kier alpha value is -6.56. The van der Waals surface area contributed by atoms with Gasteiger partial charge in [0.15, 0.2) is 46.0 Å². The van der Waals surface area contributed by atoms with Gasteiger partial charge in [-0.1, -0.05) is 69.3 Å². The molecule has 288 valence electrons. The van der Waals surface area contributed by atoms with Gasteiger partial charge in [0, 0.05) is 37.4 Å². The molecule has 9 rings (SSSR count). The number of carboxylic acids is 2. The minimum absolute atomic E-state index is 0.00918. The van der Waals surface area contributed by atoms with E-state index in [9.17, 15) is 50.4 Å².